The molecule has 0 saturated heterocycles. The van der Waals surface area contributed by atoms with Crippen LogP contribution in [0.25, 0.3) is 16.5 Å². The fraction of sp³-hybridized carbons (Fsp3) is 0.0370. The lowest BCUT2D eigenvalue weighted by Gasteiger charge is -2.02. The number of nitrogens with zero attached hydrogens (tertiary/aromatic N) is 4. The maximum Gasteiger partial charge on any atom is 0.233 e. The van der Waals surface area contributed by atoms with Crippen molar-refractivity contribution in [1.29, 1.82) is 0 Å². The first-order valence-corrected chi connectivity index (χ1v) is 11.3. The van der Waals surface area contributed by atoms with Crippen molar-refractivity contribution in [3.05, 3.63) is 124 Å². The molecule has 0 aliphatic carbocycles. The highest BCUT2D eigenvalue weighted by Crippen LogP contribution is 2.17. The monoisotopic (exact) mass is 448 g/mol. The van der Waals surface area contributed by atoms with Gasteiger partial charge in [-0.1, -0.05) is 96.3 Å². The SMILES string of the molecule is C/C(=N\N=c1\sc(C(=O)c2ccccc2)nn1-c1ccccc1)c1ccc2ccccc2c1. The average molecular weight is 449 g/mol. The van der Waals surface area contributed by atoms with Crippen LogP contribution in [0.2, 0.25) is 0 Å². The van der Waals surface area contributed by atoms with E-state index < -0.39 is 0 Å². The van der Waals surface area contributed by atoms with Crippen LogP contribution in [0.15, 0.2) is 113 Å². The van der Waals surface area contributed by atoms with E-state index in [0.29, 0.717) is 15.4 Å². The number of rotatable bonds is 5. The topological polar surface area (TPSA) is 59.6 Å². The second-order valence-electron chi connectivity index (χ2n) is 7.48. The quantitative estimate of drug-likeness (QED) is 0.198. The summed E-state index contributed by atoms with van der Waals surface area (Å²) < 4.78 is 1.66. The normalized spacial score (nSPS) is 12.3. The molecule has 33 heavy (non-hydrogen) atoms. The minimum atomic E-state index is -0.137. The van der Waals surface area contributed by atoms with Crippen molar-refractivity contribution < 1.29 is 4.79 Å². The lowest BCUT2D eigenvalue weighted by atomic mass is 10.0. The molecule has 0 aliphatic heterocycles. The minimum Gasteiger partial charge on any atom is -0.286 e. The first-order chi connectivity index (χ1) is 16.2. The van der Waals surface area contributed by atoms with E-state index in [1.165, 1.54) is 16.7 Å². The molecule has 0 radical (unpaired) electrons. The summed E-state index contributed by atoms with van der Waals surface area (Å²) in [7, 11) is 0. The molecule has 160 valence electrons. The summed E-state index contributed by atoms with van der Waals surface area (Å²) in [6.45, 7) is 1.93. The third-order valence-electron chi connectivity index (χ3n) is 5.24. The van der Waals surface area contributed by atoms with Crippen molar-refractivity contribution in [2.45, 2.75) is 6.92 Å². The molecule has 0 aliphatic rings. The van der Waals surface area contributed by atoms with E-state index >= 15 is 0 Å². The highest BCUT2D eigenvalue weighted by molar-refractivity contribution is 7.11. The zero-order chi connectivity index (χ0) is 22.6. The van der Waals surface area contributed by atoms with E-state index in [0.717, 1.165) is 22.3 Å². The smallest absolute Gasteiger partial charge is 0.233 e. The van der Waals surface area contributed by atoms with Crippen molar-refractivity contribution in [3.8, 4) is 5.69 Å². The summed E-state index contributed by atoms with van der Waals surface area (Å²) in [4.78, 5) is 13.5. The number of ketones is 1. The van der Waals surface area contributed by atoms with Crippen LogP contribution in [-0.4, -0.2) is 21.3 Å². The van der Waals surface area contributed by atoms with Crippen LogP contribution in [0, 0.1) is 0 Å². The van der Waals surface area contributed by atoms with Crippen LogP contribution in [0.3, 0.4) is 0 Å². The molecule has 0 saturated carbocycles. The first kappa shape index (κ1) is 20.7. The molecular weight excluding hydrogens is 428 g/mol. The molecule has 0 bridgehead atoms. The molecule has 0 spiro atoms. The van der Waals surface area contributed by atoms with E-state index in [-0.39, 0.29) is 5.78 Å². The molecule has 0 atom stereocenters. The summed E-state index contributed by atoms with van der Waals surface area (Å²) in [5.41, 5.74) is 3.19. The third-order valence-corrected chi connectivity index (χ3v) is 6.14. The van der Waals surface area contributed by atoms with Gasteiger partial charge in [-0.3, -0.25) is 4.79 Å². The maximum atomic E-state index is 13.0. The molecule has 1 heterocycles. The predicted octanol–water partition coefficient (Wildman–Crippen LogP) is 5.64. The Hall–Kier alpha value is -4.16. The van der Waals surface area contributed by atoms with Crippen molar-refractivity contribution >= 4 is 33.6 Å². The second-order valence-corrected chi connectivity index (χ2v) is 8.44. The molecule has 5 rings (SSSR count). The molecule has 0 amide bonds. The number of hydrogen-bond donors (Lipinski definition) is 0. The maximum absolute atomic E-state index is 13.0. The largest absolute Gasteiger partial charge is 0.286 e. The predicted molar refractivity (Wildman–Crippen MR) is 133 cm³/mol. The van der Waals surface area contributed by atoms with Crippen LogP contribution >= 0.6 is 11.3 Å². The van der Waals surface area contributed by atoms with Crippen molar-refractivity contribution in [2.75, 3.05) is 0 Å². The van der Waals surface area contributed by atoms with E-state index in [4.69, 9.17) is 0 Å². The van der Waals surface area contributed by atoms with Gasteiger partial charge in [0.05, 0.1) is 11.4 Å². The van der Waals surface area contributed by atoms with Gasteiger partial charge < -0.3 is 0 Å². The summed E-state index contributed by atoms with van der Waals surface area (Å²) in [6, 6.07) is 33.2. The van der Waals surface area contributed by atoms with Gasteiger partial charge in [-0.25, -0.2) is 4.68 Å². The van der Waals surface area contributed by atoms with Crippen LogP contribution in [-0.2, 0) is 0 Å². The lowest BCUT2D eigenvalue weighted by molar-refractivity contribution is 0.103. The fourth-order valence-electron chi connectivity index (χ4n) is 3.48. The molecule has 5 nitrogen and oxygen atoms in total. The summed E-state index contributed by atoms with van der Waals surface area (Å²) in [5, 5.41) is 16.2. The van der Waals surface area contributed by atoms with Gasteiger partial charge in [0.25, 0.3) is 0 Å². The number of fused-ring (bicyclic) bond motifs is 1. The summed E-state index contributed by atoms with van der Waals surface area (Å²) in [5.74, 6) is -0.137. The van der Waals surface area contributed by atoms with E-state index in [2.05, 4.69) is 39.6 Å². The van der Waals surface area contributed by atoms with Crippen LogP contribution < -0.4 is 4.80 Å². The zero-order valence-corrected chi connectivity index (χ0v) is 18.7. The molecule has 6 heteroatoms. The van der Waals surface area contributed by atoms with Gasteiger partial charge in [-0.15, -0.1) is 5.10 Å². The summed E-state index contributed by atoms with van der Waals surface area (Å²) in [6.07, 6.45) is 0. The average Bonchev–Trinajstić information content (AvgIpc) is 3.32. The molecule has 0 fully saturated rings. The molecule has 1 aromatic heterocycles. The molecule has 0 unspecified atom stereocenters. The Balaban J connectivity index is 1.58. The third kappa shape index (κ3) is 4.42. The second kappa shape index (κ2) is 9.14. The summed E-state index contributed by atoms with van der Waals surface area (Å²) >= 11 is 1.23. The van der Waals surface area contributed by atoms with Gasteiger partial charge in [0.2, 0.25) is 10.6 Å². The minimum absolute atomic E-state index is 0.137. The van der Waals surface area contributed by atoms with Gasteiger partial charge in [0.1, 0.15) is 0 Å². The highest BCUT2D eigenvalue weighted by Gasteiger charge is 2.16. The van der Waals surface area contributed by atoms with Gasteiger partial charge in [-0.2, -0.15) is 10.2 Å². The Bertz CT molecular complexity index is 1530. The molecule has 4 aromatic carbocycles. The van der Waals surface area contributed by atoms with Gasteiger partial charge >= 0.3 is 0 Å². The Kier molecular flexibility index (Phi) is 5.74. The number of hydrogen-bond acceptors (Lipinski definition) is 5. The van der Waals surface area contributed by atoms with Gasteiger partial charge in [-0.05, 0) is 41.5 Å². The van der Waals surface area contributed by atoms with E-state index in [9.17, 15) is 4.79 Å². The molecule has 5 aromatic rings. The molecule has 0 N–H and O–H groups in total. The standard InChI is InChI=1S/C27H20N4OS/c1-19(22-17-16-20-10-8-9-13-23(20)18-22)28-29-27-31(24-14-6-3-7-15-24)30-26(33-27)25(32)21-11-4-2-5-12-21/h2-18H,1H3/b28-19+,29-27+. The lowest BCUT2D eigenvalue weighted by Crippen LogP contribution is -2.14. The number of benzene rings is 4. The Morgan fingerprint density at radius 3 is 2.21 bits per heavy atom. The van der Waals surface area contributed by atoms with Crippen LogP contribution in [0.4, 0.5) is 0 Å². The fourth-order valence-corrected chi connectivity index (χ4v) is 4.30. The Morgan fingerprint density at radius 1 is 0.788 bits per heavy atom. The first-order valence-electron chi connectivity index (χ1n) is 10.5. The van der Waals surface area contributed by atoms with E-state index in [1.807, 2.05) is 73.7 Å². The number of carbonyl (C=O) groups is 1. The van der Waals surface area contributed by atoms with Crippen molar-refractivity contribution in [1.82, 2.24) is 9.78 Å². The van der Waals surface area contributed by atoms with E-state index in [1.54, 1.807) is 16.8 Å². The van der Waals surface area contributed by atoms with Gasteiger partial charge in [0, 0.05) is 5.56 Å². The Morgan fingerprint density at radius 2 is 1.45 bits per heavy atom. The highest BCUT2D eigenvalue weighted by atomic mass is 32.1. The van der Waals surface area contributed by atoms with Crippen molar-refractivity contribution in [3.63, 3.8) is 0 Å². The van der Waals surface area contributed by atoms with Gasteiger partial charge in [0.15, 0.2) is 5.01 Å². The zero-order valence-electron chi connectivity index (χ0n) is 17.9. The molecular formula is C27H20N4OS. The van der Waals surface area contributed by atoms with Crippen LogP contribution in [0.5, 0.6) is 0 Å². The van der Waals surface area contributed by atoms with Crippen LogP contribution in [0.1, 0.15) is 27.9 Å². The van der Waals surface area contributed by atoms with Crippen molar-refractivity contribution in [2.24, 2.45) is 10.2 Å². The number of carbonyl (C=O) groups excluding carboxylic acids is 1. The number of aromatic nitrogens is 2. The Labute approximate surface area is 195 Å². The number of para-hydroxylation sites is 1.